The van der Waals surface area contributed by atoms with Crippen LogP contribution in [0.4, 0.5) is 0 Å². The first kappa shape index (κ1) is 24.6. The van der Waals surface area contributed by atoms with E-state index in [4.69, 9.17) is 23.4 Å². The Labute approximate surface area is 197 Å². The van der Waals surface area contributed by atoms with Crippen LogP contribution in [0.15, 0.2) is 39.7 Å². The quantitative estimate of drug-likeness (QED) is 0.272. The van der Waals surface area contributed by atoms with Gasteiger partial charge >= 0.3 is 0 Å². The Morgan fingerprint density at radius 2 is 1.71 bits per heavy atom. The Bertz CT molecular complexity index is 1280. The fourth-order valence-electron chi connectivity index (χ4n) is 3.85. The summed E-state index contributed by atoms with van der Waals surface area (Å²) in [6.45, 7) is -0.662. The molecule has 12 nitrogen and oxygen atoms in total. The van der Waals surface area contributed by atoms with Crippen molar-refractivity contribution >= 4 is 11.0 Å². The van der Waals surface area contributed by atoms with E-state index >= 15 is 0 Å². The molecule has 0 radical (unpaired) electrons. The van der Waals surface area contributed by atoms with Crippen molar-refractivity contribution in [2.45, 2.75) is 30.7 Å². The lowest BCUT2D eigenvalue weighted by molar-refractivity contribution is -0.277. The Kier molecular flexibility index (Phi) is 6.74. The van der Waals surface area contributed by atoms with Crippen molar-refractivity contribution in [1.29, 1.82) is 0 Å². The van der Waals surface area contributed by atoms with E-state index in [-0.39, 0.29) is 39.5 Å². The smallest absolute Gasteiger partial charge is 0.229 e. The molecule has 0 bridgehead atoms. The number of hydrogen-bond acceptors (Lipinski definition) is 12. The van der Waals surface area contributed by atoms with Crippen LogP contribution < -0.4 is 19.6 Å². The summed E-state index contributed by atoms with van der Waals surface area (Å²) in [5, 5.41) is 60.0. The van der Waals surface area contributed by atoms with Gasteiger partial charge in [-0.1, -0.05) is 6.07 Å². The van der Waals surface area contributed by atoms with E-state index in [2.05, 4.69) is 0 Å². The first-order valence-electron chi connectivity index (χ1n) is 10.4. The number of aliphatic hydroxyl groups is 4. The van der Waals surface area contributed by atoms with Crippen LogP contribution >= 0.6 is 0 Å². The van der Waals surface area contributed by atoms with Crippen LogP contribution in [0, 0.1) is 0 Å². The van der Waals surface area contributed by atoms with E-state index in [0.29, 0.717) is 5.56 Å². The molecule has 0 saturated carbocycles. The summed E-state index contributed by atoms with van der Waals surface area (Å²) in [4.78, 5) is 13.2. The number of ether oxygens (including phenoxy) is 4. The SMILES string of the molecule is COc1cc(-c2coc3cc(O[C@@H]4OC(CO)[C@@H](O)[C@H](O)C4O)c(OC)c(O)c3c2=O)ccc1O. The Morgan fingerprint density at radius 3 is 2.37 bits per heavy atom. The van der Waals surface area contributed by atoms with Crippen LogP contribution in [0.2, 0.25) is 0 Å². The van der Waals surface area contributed by atoms with Gasteiger partial charge < -0.3 is 54.0 Å². The molecule has 5 atom stereocenters. The molecule has 1 aliphatic heterocycles. The summed E-state index contributed by atoms with van der Waals surface area (Å²) < 4.78 is 26.8. The van der Waals surface area contributed by atoms with Gasteiger partial charge in [0.2, 0.25) is 17.5 Å². The van der Waals surface area contributed by atoms with Gasteiger partial charge in [0.1, 0.15) is 41.6 Å². The van der Waals surface area contributed by atoms with Crippen LogP contribution in [-0.4, -0.2) is 82.2 Å². The molecule has 2 heterocycles. The predicted octanol–water partition coefficient (Wildman–Crippen LogP) is 0.0671. The standard InChI is InChI=1S/C23H24O12/c1-31-12-5-9(3-4-11(12)25)10-8-33-13-6-14(22(32-2)19(28)16(13)17(10)26)34-23-21(30)20(29)18(27)15(7-24)35-23/h3-6,8,15,18,20-21,23-25,27-30H,7H2,1-2H3/t15?,18-,20+,21?,23-/m1/s1. The van der Waals surface area contributed by atoms with Gasteiger partial charge in [-0.25, -0.2) is 0 Å². The van der Waals surface area contributed by atoms with Crippen molar-refractivity contribution in [3.8, 4) is 39.9 Å². The molecule has 1 aliphatic rings. The Morgan fingerprint density at radius 1 is 0.971 bits per heavy atom. The van der Waals surface area contributed by atoms with Crippen molar-refractivity contribution in [3.05, 3.63) is 40.8 Å². The van der Waals surface area contributed by atoms with E-state index < -0.39 is 48.5 Å². The Hall–Kier alpha value is -3.55. The van der Waals surface area contributed by atoms with Crippen LogP contribution in [0.3, 0.4) is 0 Å². The summed E-state index contributed by atoms with van der Waals surface area (Å²) >= 11 is 0. The molecular formula is C23H24O12. The largest absolute Gasteiger partial charge is 0.504 e. The molecule has 4 rings (SSSR count). The van der Waals surface area contributed by atoms with Gasteiger partial charge in [-0.3, -0.25) is 4.79 Å². The lowest BCUT2D eigenvalue weighted by atomic mass is 9.99. The minimum atomic E-state index is -1.71. The maximum Gasteiger partial charge on any atom is 0.229 e. The van der Waals surface area contributed by atoms with Gasteiger partial charge in [0, 0.05) is 6.07 Å². The number of methoxy groups -OCH3 is 2. The van der Waals surface area contributed by atoms with Crippen LogP contribution in [0.5, 0.6) is 28.7 Å². The molecule has 6 N–H and O–H groups in total. The van der Waals surface area contributed by atoms with Gasteiger partial charge in [-0.2, -0.15) is 0 Å². The molecule has 1 saturated heterocycles. The summed E-state index contributed by atoms with van der Waals surface area (Å²) in [6.07, 6.45) is -6.62. The third kappa shape index (κ3) is 4.22. The second-order valence-corrected chi connectivity index (χ2v) is 7.81. The minimum Gasteiger partial charge on any atom is -0.504 e. The fraction of sp³-hybridized carbons (Fsp3) is 0.348. The molecule has 3 aromatic rings. The number of phenols is 2. The lowest BCUT2D eigenvalue weighted by Crippen LogP contribution is -2.60. The maximum absolute atomic E-state index is 13.2. The van der Waals surface area contributed by atoms with Gasteiger partial charge in [0.15, 0.2) is 23.0 Å². The number of rotatable bonds is 6. The normalized spacial score (nSPS) is 24.3. The maximum atomic E-state index is 13.2. The number of benzene rings is 2. The first-order valence-corrected chi connectivity index (χ1v) is 10.4. The average molecular weight is 492 g/mol. The van der Waals surface area contributed by atoms with Gasteiger partial charge in [-0.15, -0.1) is 0 Å². The van der Waals surface area contributed by atoms with E-state index in [0.717, 1.165) is 6.26 Å². The zero-order valence-electron chi connectivity index (χ0n) is 18.6. The minimum absolute atomic E-state index is 0.0655. The average Bonchev–Trinajstić information content (AvgIpc) is 2.85. The number of phenolic OH excluding ortho intramolecular Hbond substituents is 2. The van der Waals surface area contributed by atoms with E-state index in [1.807, 2.05) is 0 Å². The Balaban J connectivity index is 1.78. The summed E-state index contributed by atoms with van der Waals surface area (Å²) in [5.74, 6) is -1.11. The zero-order valence-corrected chi connectivity index (χ0v) is 18.6. The highest BCUT2D eigenvalue weighted by Gasteiger charge is 2.45. The van der Waals surface area contributed by atoms with Crippen LogP contribution in [-0.2, 0) is 4.74 Å². The molecule has 1 fully saturated rings. The first-order chi connectivity index (χ1) is 16.7. The van der Waals surface area contributed by atoms with Crippen LogP contribution in [0.25, 0.3) is 22.1 Å². The van der Waals surface area contributed by atoms with Gasteiger partial charge in [0.25, 0.3) is 0 Å². The molecule has 35 heavy (non-hydrogen) atoms. The highest BCUT2D eigenvalue weighted by atomic mass is 16.7. The summed E-state index contributed by atoms with van der Waals surface area (Å²) in [7, 11) is 2.56. The van der Waals surface area contributed by atoms with Crippen molar-refractivity contribution in [3.63, 3.8) is 0 Å². The predicted molar refractivity (Wildman–Crippen MR) is 119 cm³/mol. The third-order valence-corrected chi connectivity index (χ3v) is 5.75. The molecule has 1 aromatic heterocycles. The van der Waals surface area contributed by atoms with E-state index in [1.54, 1.807) is 0 Å². The third-order valence-electron chi connectivity index (χ3n) is 5.75. The van der Waals surface area contributed by atoms with Crippen molar-refractivity contribution in [2.24, 2.45) is 0 Å². The second-order valence-electron chi connectivity index (χ2n) is 7.81. The van der Waals surface area contributed by atoms with Crippen LogP contribution in [0.1, 0.15) is 0 Å². The van der Waals surface area contributed by atoms with E-state index in [1.165, 1.54) is 38.5 Å². The van der Waals surface area contributed by atoms with Crippen molar-refractivity contribution in [1.82, 2.24) is 0 Å². The molecule has 2 aromatic carbocycles. The fourth-order valence-corrected chi connectivity index (χ4v) is 3.85. The number of fused-ring (bicyclic) bond motifs is 1. The molecular weight excluding hydrogens is 468 g/mol. The van der Waals surface area contributed by atoms with Gasteiger partial charge in [0.05, 0.1) is 26.4 Å². The summed E-state index contributed by atoms with van der Waals surface area (Å²) in [5.41, 5.74) is -0.289. The molecule has 12 heteroatoms. The molecule has 0 spiro atoms. The lowest BCUT2D eigenvalue weighted by Gasteiger charge is -2.39. The zero-order chi connectivity index (χ0) is 25.4. The number of hydrogen-bond donors (Lipinski definition) is 6. The molecule has 2 unspecified atom stereocenters. The van der Waals surface area contributed by atoms with Gasteiger partial charge in [-0.05, 0) is 17.7 Å². The topological polar surface area (TPSA) is 189 Å². The number of aliphatic hydroxyl groups excluding tert-OH is 4. The van der Waals surface area contributed by atoms with Crippen molar-refractivity contribution in [2.75, 3.05) is 20.8 Å². The highest BCUT2D eigenvalue weighted by Crippen LogP contribution is 2.43. The summed E-state index contributed by atoms with van der Waals surface area (Å²) in [6, 6.07) is 5.46. The number of aromatic hydroxyl groups is 2. The highest BCUT2D eigenvalue weighted by molar-refractivity contribution is 5.91. The molecule has 0 amide bonds. The van der Waals surface area contributed by atoms with E-state index in [9.17, 15) is 35.4 Å². The molecule has 188 valence electrons. The van der Waals surface area contributed by atoms with Crippen molar-refractivity contribution < 1.29 is 54.0 Å². The molecule has 0 aliphatic carbocycles. The second kappa shape index (κ2) is 9.60. The monoisotopic (exact) mass is 492 g/mol.